The number of hydrogen-bond donors (Lipinski definition) is 2. The summed E-state index contributed by atoms with van der Waals surface area (Å²) >= 11 is 0. The first kappa shape index (κ1) is 12.0. The minimum atomic E-state index is -1.08. The molecule has 100 valence electrons. The van der Waals surface area contributed by atoms with Crippen LogP contribution in [-0.4, -0.2) is 25.7 Å². The van der Waals surface area contributed by atoms with E-state index in [1.165, 1.54) is 23.2 Å². The van der Waals surface area contributed by atoms with Gasteiger partial charge in [-0.05, 0) is 12.8 Å². The van der Waals surface area contributed by atoms with Crippen molar-refractivity contribution in [2.45, 2.75) is 38.0 Å². The van der Waals surface area contributed by atoms with Crippen molar-refractivity contribution in [3.63, 3.8) is 0 Å². The molecule has 1 aliphatic rings. The highest BCUT2D eigenvalue weighted by molar-refractivity contribution is 5.94. The molecule has 2 aromatic rings. The average molecular weight is 261 g/mol. The monoisotopic (exact) mass is 261 g/mol. The van der Waals surface area contributed by atoms with Gasteiger partial charge in [0.25, 0.3) is 5.56 Å². The zero-order valence-corrected chi connectivity index (χ0v) is 10.4. The molecule has 2 N–H and O–H groups in total. The van der Waals surface area contributed by atoms with Crippen molar-refractivity contribution in [2.75, 3.05) is 0 Å². The maximum Gasteiger partial charge on any atom is 0.341 e. The Morgan fingerprint density at radius 1 is 1.37 bits per heavy atom. The van der Waals surface area contributed by atoms with Crippen LogP contribution in [0.5, 0.6) is 0 Å². The Kier molecular flexibility index (Phi) is 2.85. The van der Waals surface area contributed by atoms with E-state index in [0.717, 1.165) is 31.4 Å². The minimum absolute atomic E-state index is 0.0368. The molecule has 0 spiro atoms. The van der Waals surface area contributed by atoms with Crippen LogP contribution in [0.25, 0.3) is 5.65 Å². The number of carbonyl (C=O) groups is 1. The van der Waals surface area contributed by atoms with Crippen LogP contribution >= 0.6 is 0 Å². The summed E-state index contributed by atoms with van der Waals surface area (Å²) in [5.41, 5.74) is 0.722. The maximum absolute atomic E-state index is 12.0. The summed E-state index contributed by atoms with van der Waals surface area (Å²) in [6.07, 6.45) is 6.86. The van der Waals surface area contributed by atoms with E-state index in [2.05, 4.69) is 10.1 Å². The molecular weight excluding hydrogens is 246 g/mol. The standard InChI is InChI=1S/C13H15N3O3/c17-11-6-10(8-4-2-1-3-5-8)15-12-9(13(18)19)7-14-16(11)12/h6-8,14H,1-5H2,(H,18,19). The molecule has 0 unspecified atom stereocenters. The first-order valence-corrected chi connectivity index (χ1v) is 6.51. The van der Waals surface area contributed by atoms with Gasteiger partial charge in [-0.1, -0.05) is 19.3 Å². The van der Waals surface area contributed by atoms with Crippen molar-refractivity contribution in [3.05, 3.63) is 33.9 Å². The molecule has 0 radical (unpaired) electrons. The molecule has 0 aromatic carbocycles. The third-order valence-corrected chi connectivity index (χ3v) is 3.77. The molecule has 0 saturated heterocycles. The highest BCUT2D eigenvalue weighted by Crippen LogP contribution is 2.31. The molecule has 1 aliphatic carbocycles. The third kappa shape index (κ3) is 2.03. The first-order chi connectivity index (χ1) is 9.16. The number of hydrogen-bond acceptors (Lipinski definition) is 3. The summed E-state index contributed by atoms with van der Waals surface area (Å²) in [5.74, 6) is -0.797. The summed E-state index contributed by atoms with van der Waals surface area (Å²) < 4.78 is 1.18. The van der Waals surface area contributed by atoms with Gasteiger partial charge in [0.1, 0.15) is 5.56 Å². The first-order valence-electron chi connectivity index (χ1n) is 6.51. The van der Waals surface area contributed by atoms with Crippen molar-refractivity contribution < 1.29 is 9.90 Å². The summed E-state index contributed by atoms with van der Waals surface area (Å²) in [6.45, 7) is 0. The number of rotatable bonds is 2. The molecule has 0 atom stereocenters. The summed E-state index contributed by atoms with van der Waals surface area (Å²) in [5, 5.41) is 11.7. The highest BCUT2D eigenvalue weighted by Gasteiger charge is 2.20. The van der Waals surface area contributed by atoms with Crippen LogP contribution in [0.2, 0.25) is 0 Å². The number of aromatic amines is 1. The van der Waals surface area contributed by atoms with Crippen molar-refractivity contribution in [1.29, 1.82) is 0 Å². The summed E-state index contributed by atoms with van der Waals surface area (Å²) in [6, 6.07) is 1.52. The number of H-pyrrole nitrogens is 1. The number of aromatic carboxylic acids is 1. The predicted octanol–water partition coefficient (Wildman–Crippen LogP) is 1.77. The second kappa shape index (κ2) is 4.53. The fourth-order valence-corrected chi connectivity index (χ4v) is 2.76. The zero-order chi connectivity index (χ0) is 13.4. The van der Waals surface area contributed by atoms with E-state index >= 15 is 0 Å². The molecule has 0 bridgehead atoms. The maximum atomic E-state index is 12.0. The molecule has 2 heterocycles. The lowest BCUT2D eigenvalue weighted by Crippen LogP contribution is -2.18. The molecular formula is C13H15N3O3. The van der Waals surface area contributed by atoms with Crippen LogP contribution in [0.1, 0.15) is 54.1 Å². The van der Waals surface area contributed by atoms with Gasteiger partial charge in [0.05, 0.1) is 5.69 Å². The average Bonchev–Trinajstić information content (AvgIpc) is 2.84. The van der Waals surface area contributed by atoms with Crippen molar-refractivity contribution >= 4 is 11.6 Å². The van der Waals surface area contributed by atoms with Crippen LogP contribution in [0.3, 0.4) is 0 Å². The Morgan fingerprint density at radius 2 is 2.11 bits per heavy atom. The van der Waals surface area contributed by atoms with E-state index in [0.29, 0.717) is 0 Å². The normalized spacial score (nSPS) is 16.8. The fourth-order valence-electron chi connectivity index (χ4n) is 2.76. The summed E-state index contributed by atoms with van der Waals surface area (Å²) in [7, 11) is 0. The summed E-state index contributed by atoms with van der Waals surface area (Å²) in [4.78, 5) is 27.5. The van der Waals surface area contributed by atoms with Crippen LogP contribution in [0, 0.1) is 0 Å². The molecule has 6 heteroatoms. The smallest absolute Gasteiger partial charge is 0.341 e. The molecule has 0 aliphatic heterocycles. The van der Waals surface area contributed by atoms with E-state index in [9.17, 15) is 9.59 Å². The second-order valence-electron chi connectivity index (χ2n) is 5.01. The van der Waals surface area contributed by atoms with Gasteiger partial charge in [-0.2, -0.15) is 0 Å². The fraction of sp³-hybridized carbons (Fsp3) is 0.462. The third-order valence-electron chi connectivity index (χ3n) is 3.77. The van der Waals surface area contributed by atoms with Gasteiger partial charge >= 0.3 is 5.97 Å². The van der Waals surface area contributed by atoms with Crippen LogP contribution in [-0.2, 0) is 0 Å². The van der Waals surface area contributed by atoms with E-state index in [4.69, 9.17) is 5.11 Å². The molecule has 6 nitrogen and oxygen atoms in total. The Balaban J connectivity index is 2.13. The van der Waals surface area contributed by atoms with Crippen molar-refractivity contribution in [2.24, 2.45) is 0 Å². The Morgan fingerprint density at radius 3 is 2.79 bits per heavy atom. The van der Waals surface area contributed by atoms with E-state index in [-0.39, 0.29) is 22.7 Å². The Bertz CT molecular complexity index is 680. The topological polar surface area (TPSA) is 87.5 Å². The molecule has 19 heavy (non-hydrogen) atoms. The Hall–Kier alpha value is -2.11. The zero-order valence-electron chi connectivity index (χ0n) is 10.4. The van der Waals surface area contributed by atoms with Gasteiger partial charge in [0, 0.05) is 18.2 Å². The van der Waals surface area contributed by atoms with E-state index in [1.807, 2.05) is 0 Å². The molecule has 1 saturated carbocycles. The molecule has 0 amide bonds. The lowest BCUT2D eigenvalue weighted by Gasteiger charge is -2.20. The molecule has 1 fully saturated rings. The predicted molar refractivity (Wildman–Crippen MR) is 68.6 cm³/mol. The second-order valence-corrected chi connectivity index (χ2v) is 5.01. The minimum Gasteiger partial charge on any atom is -0.477 e. The Labute approximate surface area is 109 Å². The van der Waals surface area contributed by atoms with Gasteiger partial charge in [0.15, 0.2) is 5.65 Å². The van der Waals surface area contributed by atoms with Crippen LogP contribution < -0.4 is 5.56 Å². The number of fused-ring (bicyclic) bond motifs is 1. The number of carboxylic acid groups (broad SMARTS) is 1. The van der Waals surface area contributed by atoms with Gasteiger partial charge in [0.2, 0.25) is 0 Å². The largest absolute Gasteiger partial charge is 0.477 e. The molecule has 2 aromatic heterocycles. The lowest BCUT2D eigenvalue weighted by molar-refractivity contribution is 0.0698. The van der Waals surface area contributed by atoms with E-state index < -0.39 is 5.97 Å². The quantitative estimate of drug-likeness (QED) is 0.862. The van der Waals surface area contributed by atoms with Crippen LogP contribution in [0.15, 0.2) is 17.1 Å². The highest BCUT2D eigenvalue weighted by atomic mass is 16.4. The van der Waals surface area contributed by atoms with Gasteiger partial charge < -0.3 is 5.11 Å². The van der Waals surface area contributed by atoms with Crippen molar-refractivity contribution in [1.82, 2.24) is 14.6 Å². The van der Waals surface area contributed by atoms with Crippen molar-refractivity contribution in [3.8, 4) is 0 Å². The van der Waals surface area contributed by atoms with Gasteiger partial charge in [-0.3, -0.25) is 9.89 Å². The lowest BCUT2D eigenvalue weighted by atomic mass is 9.87. The van der Waals surface area contributed by atoms with Gasteiger partial charge in [-0.25, -0.2) is 14.3 Å². The number of nitrogens with one attached hydrogen (secondary N) is 1. The van der Waals surface area contributed by atoms with E-state index in [1.54, 1.807) is 0 Å². The number of aromatic nitrogens is 3. The van der Waals surface area contributed by atoms with Gasteiger partial charge in [-0.15, -0.1) is 0 Å². The number of nitrogens with zero attached hydrogens (tertiary/aromatic N) is 2. The molecule has 3 rings (SSSR count). The SMILES string of the molecule is O=C(O)c1c[nH]n2c(=O)cc(C3CCCCC3)nc12. The number of carboxylic acids is 1. The van der Waals surface area contributed by atoms with Crippen LogP contribution in [0.4, 0.5) is 0 Å².